The van der Waals surface area contributed by atoms with Crippen LogP contribution < -0.4 is 5.32 Å². The molecule has 1 heterocycles. The Morgan fingerprint density at radius 1 is 1.06 bits per heavy atom. The van der Waals surface area contributed by atoms with Gasteiger partial charge in [-0.1, -0.05) is 51.9 Å². The van der Waals surface area contributed by atoms with Gasteiger partial charge >= 0.3 is 0 Å². The monoisotopic (exact) mass is 254 g/mol. The van der Waals surface area contributed by atoms with Crippen LogP contribution in [0.3, 0.4) is 0 Å². The van der Waals surface area contributed by atoms with Crippen molar-refractivity contribution in [3.63, 3.8) is 0 Å². The van der Waals surface area contributed by atoms with E-state index < -0.39 is 0 Å². The number of carbonyl (C=O) groups is 1. The van der Waals surface area contributed by atoms with E-state index in [0.717, 1.165) is 38.9 Å². The number of hydrogen-bond donors (Lipinski definition) is 1. The molecule has 0 radical (unpaired) electrons. The Balaban J connectivity index is 2.02. The number of unbranched alkanes of at least 4 members (excludes halogenated alkanes) is 6. The summed E-state index contributed by atoms with van der Waals surface area (Å²) in [6.07, 6.45) is 11.5. The fourth-order valence-corrected chi connectivity index (χ4v) is 2.66. The Morgan fingerprint density at radius 2 is 1.67 bits per heavy atom. The second-order valence-electron chi connectivity index (χ2n) is 5.40. The molecule has 1 aliphatic heterocycles. The van der Waals surface area contributed by atoms with Crippen LogP contribution in [0.1, 0.15) is 58.3 Å². The van der Waals surface area contributed by atoms with Gasteiger partial charge in [0.15, 0.2) is 0 Å². The van der Waals surface area contributed by atoms with Gasteiger partial charge in [-0.05, 0) is 6.42 Å². The summed E-state index contributed by atoms with van der Waals surface area (Å²) in [7, 11) is 0. The van der Waals surface area contributed by atoms with Gasteiger partial charge in [-0.3, -0.25) is 4.90 Å². The number of aldehydes is 1. The minimum Gasteiger partial charge on any atom is -0.314 e. The Hall–Kier alpha value is -0.410. The van der Waals surface area contributed by atoms with Crippen LogP contribution in [0.25, 0.3) is 0 Å². The van der Waals surface area contributed by atoms with Gasteiger partial charge in [-0.2, -0.15) is 0 Å². The van der Waals surface area contributed by atoms with E-state index >= 15 is 0 Å². The third-order valence-electron chi connectivity index (χ3n) is 3.88. The normalized spacial score (nSPS) is 18.7. The van der Waals surface area contributed by atoms with Gasteiger partial charge in [0.25, 0.3) is 0 Å². The topological polar surface area (TPSA) is 32.3 Å². The molecule has 106 valence electrons. The SMILES string of the molecule is CCCCCCCCCC(C=O)N1CCNCC1. The van der Waals surface area contributed by atoms with Crippen LogP contribution in [0, 0.1) is 0 Å². The van der Waals surface area contributed by atoms with E-state index in [9.17, 15) is 4.79 Å². The van der Waals surface area contributed by atoms with Crippen molar-refractivity contribution in [3.8, 4) is 0 Å². The van der Waals surface area contributed by atoms with Crippen LogP contribution in [-0.2, 0) is 4.79 Å². The molecule has 18 heavy (non-hydrogen) atoms. The highest BCUT2D eigenvalue weighted by atomic mass is 16.1. The van der Waals surface area contributed by atoms with Gasteiger partial charge in [0.1, 0.15) is 6.29 Å². The number of carbonyl (C=O) groups excluding carboxylic acids is 1. The highest BCUT2D eigenvalue weighted by Crippen LogP contribution is 2.12. The van der Waals surface area contributed by atoms with Crippen molar-refractivity contribution in [3.05, 3.63) is 0 Å². The molecule has 1 aliphatic rings. The molecule has 0 aromatic heterocycles. The molecule has 1 unspecified atom stereocenters. The minimum absolute atomic E-state index is 0.169. The maximum absolute atomic E-state index is 11.1. The van der Waals surface area contributed by atoms with Crippen LogP contribution in [0.2, 0.25) is 0 Å². The van der Waals surface area contributed by atoms with Crippen LogP contribution in [0.4, 0.5) is 0 Å². The van der Waals surface area contributed by atoms with Crippen molar-refractivity contribution in [1.29, 1.82) is 0 Å². The Labute approximate surface area is 112 Å². The average molecular weight is 254 g/mol. The van der Waals surface area contributed by atoms with Crippen LogP contribution in [0.5, 0.6) is 0 Å². The molecule has 1 atom stereocenters. The molecule has 3 nitrogen and oxygen atoms in total. The number of rotatable bonds is 10. The fourth-order valence-electron chi connectivity index (χ4n) is 2.66. The summed E-state index contributed by atoms with van der Waals surface area (Å²) in [5, 5.41) is 3.33. The third kappa shape index (κ3) is 6.50. The molecule has 0 spiro atoms. The highest BCUT2D eigenvalue weighted by Gasteiger charge is 2.18. The first-order chi connectivity index (χ1) is 8.88. The van der Waals surface area contributed by atoms with Crippen molar-refractivity contribution in [1.82, 2.24) is 10.2 Å². The Kier molecular flexibility index (Phi) is 9.13. The summed E-state index contributed by atoms with van der Waals surface area (Å²) in [4.78, 5) is 13.5. The quantitative estimate of drug-likeness (QED) is 0.480. The number of nitrogens with one attached hydrogen (secondary N) is 1. The molecule has 0 amide bonds. The van der Waals surface area contributed by atoms with Gasteiger partial charge in [-0.15, -0.1) is 0 Å². The van der Waals surface area contributed by atoms with E-state index in [-0.39, 0.29) is 6.04 Å². The zero-order chi connectivity index (χ0) is 13.1. The first-order valence-electron chi connectivity index (χ1n) is 7.78. The predicted molar refractivity (Wildman–Crippen MR) is 76.9 cm³/mol. The second kappa shape index (κ2) is 10.5. The molecule has 0 aliphatic carbocycles. The summed E-state index contributed by atoms with van der Waals surface area (Å²) < 4.78 is 0. The second-order valence-corrected chi connectivity index (χ2v) is 5.40. The molecule has 1 N–H and O–H groups in total. The summed E-state index contributed by atoms with van der Waals surface area (Å²) >= 11 is 0. The smallest absolute Gasteiger partial charge is 0.137 e. The zero-order valence-electron chi connectivity index (χ0n) is 12.0. The molecule has 0 bridgehead atoms. The van der Waals surface area contributed by atoms with Gasteiger partial charge in [0.2, 0.25) is 0 Å². The zero-order valence-corrected chi connectivity index (χ0v) is 12.0. The Morgan fingerprint density at radius 3 is 2.28 bits per heavy atom. The lowest BCUT2D eigenvalue weighted by Crippen LogP contribution is -2.49. The van der Waals surface area contributed by atoms with Crippen molar-refractivity contribution < 1.29 is 4.79 Å². The molecule has 0 saturated carbocycles. The van der Waals surface area contributed by atoms with Crippen LogP contribution >= 0.6 is 0 Å². The number of piperazine rings is 1. The molecule has 3 heteroatoms. The van der Waals surface area contributed by atoms with E-state index in [2.05, 4.69) is 17.1 Å². The fraction of sp³-hybridized carbons (Fsp3) is 0.933. The average Bonchev–Trinajstić information content (AvgIpc) is 2.43. The molecule has 0 aromatic carbocycles. The van der Waals surface area contributed by atoms with Gasteiger partial charge in [0.05, 0.1) is 6.04 Å². The van der Waals surface area contributed by atoms with E-state index in [0.29, 0.717) is 0 Å². The van der Waals surface area contributed by atoms with E-state index in [1.54, 1.807) is 0 Å². The lowest BCUT2D eigenvalue weighted by Gasteiger charge is -2.31. The first-order valence-corrected chi connectivity index (χ1v) is 7.78. The number of nitrogens with zero attached hydrogens (tertiary/aromatic N) is 1. The summed E-state index contributed by atoms with van der Waals surface area (Å²) in [5.74, 6) is 0. The molecule has 1 saturated heterocycles. The molecule has 1 fully saturated rings. The molecular weight excluding hydrogens is 224 g/mol. The maximum Gasteiger partial charge on any atom is 0.137 e. The summed E-state index contributed by atoms with van der Waals surface area (Å²) in [6.45, 7) is 6.37. The van der Waals surface area contributed by atoms with Crippen molar-refractivity contribution in [2.75, 3.05) is 26.2 Å². The van der Waals surface area contributed by atoms with E-state index in [1.807, 2.05) is 0 Å². The number of hydrogen-bond acceptors (Lipinski definition) is 3. The van der Waals surface area contributed by atoms with Gasteiger partial charge in [-0.25, -0.2) is 0 Å². The van der Waals surface area contributed by atoms with Gasteiger partial charge in [0, 0.05) is 26.2 Å². The maximum atomic E-state index is 11.1. The molecule has 1 rings (SSSR count). The van der Waals surface area contributed by atoms with Gasteiger partial charge < -0.3 is 10.1 Å². The first kappa shape index (κ1) is 15.6. The van der Waals surface area contributed by atoms with Crippen molar-refractivity contribution in [2.45, 2.75) is 64.3 Å². The molecular formula is C15H30N2O. The lowest BCUT2D eigenvalue weighted by atomic mass is 10.0. The van der Waals surface area contributed by atoms with Crippen molar-refractivity contribution in [2.24, 2.45) is 0 Å². The third-order valence-corrected chi connectivity index (χ3v) is 3.88. The van der Waals surface area contributed by atoms with E-state index in [1.165, 1.54) is 44.9 Å². The summed E-state index contributed by atoms with van der Waals surface area (Å²) in [5.41, 5.74) is 0. The largest absolute Gasteiger partial charge is 0.314 e. The van der Waals surface area contributed by atoms with Crippen molar-refractivity contribution >= 4 is 6.29 Å². The minimum atomic E-state index is 0.169. The lowest BCUT2D eigenvalue weighted by molar-refractivity contribution is -0.112. The standard InChI is InChI=1S/C15H30N2O/c1-2-3-4-5-6-7-8-9-15(14-18)17-12-10-16-11-13-17/h14-16H,2-13H2,1H3. The van der Waals surface area contributed by atoms with Crippen LogP contribution in [-0.4, -0.2) is 43.4 Å². The van der Waals surface area contributed by atoms with E-state index in [4.69, 9.17) is 0 Å². The highest BCUT2D eigenvalue weighted by molar-refractivity contribution is 5.57. The summed E-state index contributed by atoms with van der Waals surface area (Å²) in [6, 6.07) is 0.169. The Bertz CT molecular complexity index is 203. The predicted octanol–water partition coefficient (Wildman–Crippen LogP) is 2.60. The molecule has 0 aromatic rings. The van der Waals surface area contributed by atoms with Crippen LogP contribution in [0.15, 0.2) is 0 Å².